The molecule has 0 heterocycles. The van der Waals surface area contributed by atoms with E-state index in [0.29, 0.717) is 5.56 Å². The zero-order valence-corrected chi connectivity index (χ0v) is 13.5. The molecular weight excluding hydrogens is 383 g/mol. The Morgan fingerprint density at radius 1 is 1.10 bits per heavy atom. The summed E-state index contributed by atoms with van der Waals surface area (Å²) in [6, 6.07) is 16.4. The zero-order valence-electron chi connectivity index (χ0n) is 10.5. The Labute approximate surface area is 136 Å². The summed E-state index contributed by atoms with van der Waals surface area (Å²) in [4.78, 5) is 12.6. The minimum absolute atomic E-state index is 0.184. The maximum atomic E-state index is 12.3. The van der Waals surface area contributed by atoms with Crippen molar-refractivity contribution in [2.24, 2.45) is 5.73 Å². The number of benzene rings is 2. The Morgan fingerprint density at radius 3 is 2.30 bits per heavy atom. The Morgan fingerprint density at radius 2 is 1.70 bits per heavy atom. The highest BCUT2D eigenvalue weighted by atomic mass is 127. The van der Waals surface area contributed by atoms with Gasteiger partial charge in [0.05, 0.1) is 5.56 Å². The van der Waals surface area contributed by atoms with Crippen molar-refractivity contribution in [2.45, 2.75) is 6.04 Å². The summed E-state index contributed by atoms with van der Waals surface area (Å²) in [7, 11) is 0. The summed E-state index contributed by atoms with van der Waals surface area (Å²) in [6.45, 7) is 0. The normalized spacial score (nSPS) is 11.7. The van der Waals surface area contributed by atoms with Gasteiger partial charge in [0.1, 0.15) is 11.0 Å². The molecular formula is C15H13IN2OS. The van der Waals surface area contributed by atoms with Crippen LogP contribution in [0.25, 0.3) is 0 Å². The number of nitrogens with two attached hydrogens (primary N) is 1. The highest BCUT2D eigenvalue weighted by Crippen LogP contribution is 2.16. The van der Waals surface area contributed by atoms with Crippen molar-refractivity contribution in [1.82, 2.24) is 5.32 Å². The Balaban J connectivity index is 2.24. The monoisotopic (exact) mass is 396 g/mol. The third-order valence-electron chi connectivity index (χ3n) is 2.81. The SMILES string of the molecule is NC(=S)C(NC(=O)c1ccccc1I)c1ccccc1. The summed E-state index contributed by atoms with van der Waals surface area (Å²) in [5.74, 6) is -0.184. The largest absolute Gasteiger partial charge is 0.391 e. The van der Waals surface area contributed by atoms with Crippen LogP contribution in [0.5, 0.6) is 0 Å². The van der Waals surface area contributed by atoms with Gasteiger partial charge < -0.3 is 11.1 Å². The van der Waals surface area contributed by atoms with Crippen LogP contribution in [-0.4, -0.2) is 10.9 Å². The van der Waals surface area contributed by atoms with E-state index >= 15 is 0 Å². The van der Waals surface area contributed by atoms with Crippen molar-refractivity contribution in [3.63, 3.8) is 0 Å². The van der Waals surface area contributed by atoms with Gasteiger partial charge in [-0.05, 0) is 40.3 Å². The first kappa shape index (κ1) is 14.9. The van der Waals surface area contributed by atoms with E-state index in [9.17, 15) is 4.79 Å². The number of rotatable bonds is 4. The van der Waals surface area contributed by atoms with Gasteiger partial charge >= 0.3 is 0 Å². The zero-order chi connectivity index (χ0) is 14.5. The third kappa shape index (κ3) is 3.55. The lowest BCUT2D eigenvalue weighted by Crippen LogP contribution is -2.36. The molecule has 0 aliphatic rings. The molecule has 0 saturated carbocycles. The number of hydrogen-bond acceptors (Lipinski definition) is 2. The van der Waals surface area contributed by atoms with Crippen molar-refractivity contribution in [3.05, 3.63) is 69.3 Å². The van der Waals surface area contributed by atoms with E-state index < -0.39 is 6.04 Å². The molecule has 5 heteroatoms. The summed E-state index contributed by atoms with van der Waals surface area (Å²) in [5, 5.41) is 2.88. The van der Waals surface area contributed by atoms with Gasteiger partial charge in [-0.2, -0.15) is 0 Å². The van der Waals surface area contributed by atoms with E-state index in [4.69, 9.17) is 18.0 Å². The number of nitrogens with one attached hydrogen (secondary N) is 1. The molecule has 0 aliphatic heterocycles. The van der Waals surface area contributed by atoms with Crippen LogP contribution in [-0.2, 0) is 0 Å². The van der Waals surface area contributed by atoms with Crippen LogP contribution in [0.4, 0.5) is 0 Å². The number of hydrogen-bond donors (Lipinski definition) is 2. The average molecular weight is 396 g/mol. The van der Waals surface area contributed by atoms with Gasteiger partial charge in [-0.25, -0.2) is 0 Å². The maximum Gasteiger partial charge on any atom is 0.253 e. The molecule has 0 radical (unpaired) electrons. The molecule has 0 aromatic heterocycles. The Kier molecular flexibility index (Phi) is 5.08. The fourth-order valence-corrected chi connectivity index (χ4v) is 2.65. The van der Waals surface area contributed by atoms with Crippen LogP contribution >= 0.6 is 34.8 Å². The number of thiocarbonyl (C=S) groups is 1. The van der Waals surface area contributed by atoms with Gasteiger partial charge in [-0.1, -0.05) is 54.7 Å². The number of halogens is 1. The lowest BCUT2D eigenvalue weighted by molar-refractivity contribution is 0.0946. The summed E-state index contributed by atoms with van der Waals surface area (Å²) in [6.07, 6.45) is 0. The van der Waals surface area contributed by atoms with Crippen molar-refractivity contribution in [1.29, 1.82) is 0 Å². The first-order chi connectivity index (χ1) is 9.59. The van der Waals surface area contributed by atoms with Crippen molar-refractivity contribution in [3.8, 4) is 0 Å². The molecule has 2 rings (SSSR count). The molecule has 102 valence electrons. The van der Waals surface area contributed by atoms with Crippen LogP contribution in [0, 0.1) is 3.57 Å². The van der Waals surface area contributed by atoms with E-state index in [-0.39, 0.29) is 10.9 Å². The van der Waals surface area contributed by atoms with E-state index in [1.165, 1.54) is 0 Å². The summed E-state index contributed by atoms with van der Waals surface area (Å²) >= 11 is 7.19. The molecule has 1 amide bonds. The fraction of sp³-hybridized carbons (Fsp3) is 0.0667. The highest BCUT2D eigenvalue weighted by molar-refractivity contribution is 14.1. The third-order valence-corrected chi connectivity index (χ3v) is 3.99. The Bertz CT molecular complexity index is 631. The van der Waals surface area contributed by atoms with Gasteiger partial charge in [0, 0.05) is 3.57 Å². The molecule has 0 fully saturated rings. The first-order valence-corrected chi connectivity index (χ1v) is 7.48. The van der Waals surface area contributed by atoms with Gasteiger partial charge in [0.15, 0.2) is 0 Å². The summed E-state index contributed by atoms with van der Waals surface area (Å²) in [5.41, 5.74) is 7.24. The van der Waals surface area contributed by atoms with Gasteiger partial charge in [0.2, 0.25) is 0 Å². The van der Waals surface area contributed by atoms with Crippen LogP contribution in [0.3, 0.4) is 0 Å². The molecule has 3 N–H and O–H groups in total. The van der Waals surface area contributed by atoms with Crippen molar-refractivity contribution < 1.29 is 4.79 Å². The minimum Gasteiger partial charge on any atom is -0.391 e. The molecule has 2 aromatic carbocycles. The van der Waals surface area contributed by atoms with Gasteiger partial charge in [-0.15, -0.1) is 0 Å². The molecule has 20 heavy (non-hydrogen) atoms. The fourth-order valence-electron chi connectivity index (χ4n) is 1.82. The quantitative estimate of drug-likeness (QED) is 0.617. The number of amides is 1. The minimum atomic E-state index is -0.463. The van der Waals surface area contributed by atoms with Crippen molar-refractivity contribution in [2.75, 3.05) is 0 Å². The van der Waals surface area contributed by atoms with E-state index in [2.05, 4.69) is 27.9 Å². The molecule has 0 spiro atoms. The first-order valence-electron chi connectivity index (χ1n) is 5.99. The molecule has 0 bridgehead atoms. The van der Waals surface area contributed by atoms with Crippen LogP contribution in [0.15, 0.2) is 54.6 Å². The van der Waals surface area contributed by atoms with Gasteiger partial charge in [-0.3, -0.25) is 4.79 Å². The smallest absolute Gasteiger partial charge is 0.253 e. The van der Waals surface area contributed by atoms with Crippen LogP contribution in [0.1, 0.15) is 22.0 Å². The predicted octanol–water partition coefficient (Wildman–Crippen LogP) is 3.05. The van der Waals surface area contributed by atoms with Gasteiger partial charge in [0.25, 0.3) is 5.91 Å². The van der Waals surface area contributed by atoms with E-state index in [0.717, 1.165) is 9.13 Å². The number of carbonyl (C=O) groups excluding carboxylic acids is 1. The molecule has 1 atom stereocenters. The lowest BCUT2D eigenvalue weighted by atomic mass is 10.1. The predicted molar refractivity (Wildman–Crippen MR) is 92.6 cm³/mol. The Hall–Kier alpha value is -1.47. The second-order valence-electron chi connectivity index (χ2n) is 4.20. The maximum absolute atomic E-state index is 12.3. The summed E-state index contributed by atoms with van der Waals surface area (Å²) < 4.78 is 0.886. The molecule has 3 nitrogen and oxygen atoms in total. The average Bonchev–Trinajstić information content (AvgIpc) is 2.45. The van der Waals surface area contributed by atoms with Crippen molar-refractivity contribution >= 4 is 45.7 Å². The van der Waals surface area contributed by atoms with Crippen LogP contribution in [0.2, 0.25) is 0 Å². The van der Waals surface area contributed by atoms with Crippen LogP contribution < -0.4 is 11.1 Å². The lowest BCUT2D eigenvalue weighted by Gasteiger charge is -2.18. The van der Waals surface area contributed by atoms with E-state index in [1.54, 1.807) is 6.07 Å². The second-order valence-corrected chi connectivity index (χ2v) is 5.83. The second kappa shape index (κ2) is 6.81. The number of carbonyl (C=O) groups is 1. The molecule has 2 aromatic rings. The molecule has 0 saturated heterocycles. The standard InChI is InChI=1S/C15H13IN2OS/c16-12-9-5-4-8-11(12)15(19)18-13(14(17)20)10-6-2-1-3-7-10/h1-9,13H,(H2,17,20)(H,18,19). The molecule has 0 aliphatic carbocycles. The van der Waals surface area contributed by atoms with E-state index in [1.807, 2.05) is 48.5 Å². The highest BCUT2D eigenvalue weighted by Gasteiger charge is 2.19. The molecule has 1 unspecified atom stereocenters. The topological polar surface area (TPSA) is 55.1 Å².